The second-order valence-electron chi connectivity index (χ2n) is 3.47. The van der Waals surface area contributed by atoms with Gasteiger partial charge in [0.05, 0.1) is 0 Å². The van der Waals surface area contributed by atoms with Gasteiger partial charge in [-0.25, -0.2) is 4.39 Å². The highest BCUT2D eigenvalue weighted by Crippen LogP contribution is 2.16. The number of halogens is 1. The van der Waals surface area contributed by atoms with Gasteiger partial charge in [-0.3, -0.25) is 0 Å². The minimum Gasteiger partial charge on any atom is -0.310 e. The van der Waals surface area contributed by atoms with Crippen LogP contribution in [0.5, 0.6) is 0 Å². The first-order valence-electron chi connectivity index (χ1n) is 5.26. The Bertz CT molecular complexity index is 256. The third kappa shape index (κ3) is 3.11. The zero-order valence-corrected chi connectivity index (χ0v) is 8.89. The predicted octanol–water partition coefficient (Wildman–Crippen LogP) is 3.28. The van der Waals surface area contributed by atoms with E-state index in [-0.39, 0.29) is 5.82 Å². The van der Waals surface area contributed by atoms with Crippen molar-refractivity contribution in [2.24, 2.45) is 0 Å². The van der Waals surface area contributed by atoms with E-state index in [0.717, 1.165) is 19.4 Å². The summed E-state index contributed by atoms with van der Waals surface area (Å²) in [5.74, 6) is -0.168. The van der Waals surface area contributed by atoms with E-state index >= 15 is 0 Å². The summed E-state index contributed by atoms with van der Waals surface area (Å²) >= 11 is 0. The van der Waals surface area contributed by atoms with Crippen molar-refractivity contribution in [3.05, 3.63) is 35.6 Å². The van der Waals surface area contributed by atoms with Crippen molar-refractivity contribution in [1.82, 2.24) is 5.32 Å². The van der Waals surface area contributed by atoms with Crippen LogP contribution in [0.25, 0.3) is 0 Å². The van der Waals surface area contributed by atoms with Gasteiger partial charge in [-0.2, -0.15) is 0 Å². The summed E-state index contributed by atoms with van der Waals surface area (Å²) in [5, 5.41) is 3.43. The van der Waals surface area contributed by atoms with Crippen LogP contribution in [0, 0.1) is 5.82 Å². The first kappa shape index (κ1) is 11.2. The molecule has 1 N–H and O–H groups in total. The summed E-state index contributed by atoms with van der Waals surface area (Å²) in [6.07, 6.45) is 2.16. The monoisotopic (exact) mass is 195 g/mol. The molecule has 14 heavy (non-hydrogen) atoms. The van der Waals surface area contributed by atoms with Crippen LogP contribution in [0.15, 0.2) is 24.3 Å². The molecule has 1 aromatic carbocycles. The number of hydrogen-bond donors (Lipinski definition) is 1. The van der Waals surface area contributed by atoms with Crippen LogP contribution in [0.2, 0.25) is 0 Å². The first-order valence-corrected chi connectivity index (χ1v) is 5.26. The fraction of sp³-hybridized carbons (Fsp3) is 0.500. The zero-order valence-electron chi connectivity index (χ0n) is 8.89. The normalized spacial score (nSPS) is 12.8. The zero-order chi connectivity index (χ0) is 10.4. The third-order valence-electron chi connectivity index (χ3n) is 2.32. The van der Waals surface area contributed by atoms with Gasteiger partial charge in [-0.15, -0.1) is 0 Å². The van der Waals surface area contributed by atoms with Gasteiger partial charge in [0.25, 0.3) is 0 Å². The summed E-state index contributed by atoms with van der Waals surface area (Å²) in [6, 6.07) is 7.10. The van der Waals surface area contributed by atoms with E-state index in [1.807, 2.05) is 12.1 Å². The molecule has 1 nitrogen and oxygen atoms in total. The second kappa shape index (κ2) is 5.76. The Morgan fingerprint density at radius 3 is 2.36 bits per heavy atom. The maximum atomic E-state index is 12.7. The van der Waals surface area contributed by atoms with Crippen molar-refractivity contribution in [1.29, 1.82) is 0 Å². The molecule has 0 aromatic heterocycles. The number of nitrogens with one attached hydrogen (secondary N) is 1. The third-order valence-corrected chi connectivity index (χ3v) is 2.32. The molecule has 1 unspecified atom stereocenters. The van der Waals surface area contributed by atoms with Gasteiger partial charge < -0.3 is 5.32 Å². The maximum Gasteiger partial charge on any atom is 0.123 e. The molecule has 1 aromatic rings. The molecule has 0 fully saturated rings. The quantitative estimate of drug-likeness (QED) is 0.760. The van der Waals surface area contributed by atoms with E-state index in [1.54, 1.807) is 0 Å². The lowest BCUT2D eigenvalue weighted by molar-refractivity contribution is 0.517. The molecule has 1 rings (SSSR count). The molecule has 0 bridgehead atoms. The molecule has 0 aliphatic rings. The Hall–Kier alpha value is -0.890. The Morgan fingerprint density at radius 1 is 1.21 bits per heavy atom. The Kier molecular flexibility index (Phi) is 4.60. The van der Waals surface area contributed by atoms with Crippen molar-refractivity contribution >= 4 is 0 Å². The molecule has 2 heteroatoms. The minimum absolute atomic E-state index is 0.168. The van der Waals surface area contributed by atoms with Crippen molar-refractivity contribution in [2.45, 2.75) is 32.7 Å². The Labute approximate surface area is 85.3 Å². The van der Waals surface area contributed by atoms with Crippen molar-refractivity contribution in [3.63, 3.8) is 0 Å². The highest BCUT2D eigenvalue weighted by molar-refractivity contribution is 5.19. The van der Waals surface area contributed by atoms with Crippen LogP contribution in [0.3, 0.4) is 0 Å². The lowest BCUT2D eigenvalue weighted by atomic mass is 10.0. The van der Waals surface area contributed by atoms with E-state index in [1.165, 1.54) is 17.7 Å². The lowest BCUT2D eigenvalue weighted by Crippen LogP contribution is -2.21. The summed E-state index contributed by atoms with van der Waals surface area (Å²) in [4.78, 5) is 0. The van der Waals surface area contributed by atoms with E-state index in [4.69, 9.17) is 0 Å². The van der Waals surface area contributed by atoms with E-state index in [2.05, 4.69) is 19.2 Å². The molecule has 0 amide bonds. The molecule has 0 saturated heterocycles. The van der Waals surface area contributed by atoms with Gasteiger partial charge in [0, 0.05) is 6.04 Å². The second-order valence-corrected chi connectivity index (χ2v) is 3.47. The van der Waals surface area contributed by atoms with Gasteiger partial charge in [0.15, 0.2) is 0 Å². The summed E-state index contributed by atoms with van der Waals surface area (Å²) < 4.78 is 12.7. The van der Waals surface area contributed by atoms with Gasteiger partial charge in [-0.1, -0.05) is 26.0 Å². The van der Waals surface area contributed by atoms with Crippen molar-refractivity contribution in [2.75, 3.05) is 6.54 Å². The van der Waals surface area contributed by atoms with Crippen molar-refractivity contribution < 1.29 is 4.39 Å². The minimum atomic E-state index is -0.168. The molecule has 0 aliphatic heterocycles. The molecule has 0 spiro atoms. The van der Waals surface area contributed by atoms with Crippen LogP contribution in [0.4, 0.5) is 4.39 Å². The molecule has 0 aliphatic carbocycles. The smallest absolute Gasteiger partial charge is 0.123 e. The molecule has 0 radical (unpaired) electrons. The molecule has 0 heterocycles. The molecule has 78 valence electrons. The van der Waals surface area contributed by atoms with Crippen LogP contribution in [-0.4, -0.2) is 6.54 Å². The fourth-order valence-corrected chi connectivity index (χ4v) is 1.51. The molecular formula is C12H18FN. The van der Waals surface area contributed by atoms with Gasteiger partial charge >= 0.3 is 0 Å². The average Bonchev–Trinajstić information content (AvgIpc) is 2.21. The van der Waals surface area contributed by atoms with Crippen LogP contribution >= 0.6 is 0 Å². The largest absolute Gasteiger partial charge is 0.310 e. The molecular weight excluding hydrogens is 177 g/mol. The van der Waals surface area contributed by atoms with Gasteiger partial charge in [0.2, 0.25) is 0 Å². The number of rotatable bonds is 5. The van der Waals surface area contributed by atoms with E-state index in [9.17, 15) is 4.39 Å². The van der Waals surface area contributed by atoms with E-state index < -0.39 is 0 Å². The molecule has 1 atom stereocenters. The van der Waals surface area contributed by atoms with Gasteiger partial charge in [-0.05, 0) is 37.1 Å². The standard InChI is InChI=1S/C12H18FN/c1-3-9-14-12(4-2)10-5-7-11(13)8-6-10/h5-8,12,14H,3-4,9H2,1-2H3. The van der Waals surface area contributed by atoms with Crippen LogP contribution in [0.1, 0.15) is 38.3 Å². The fourth-order valence-electron chi connectivity index (χ4n) is 1.51. The summed E-state index contributed by atoms with van der Waals surface area (Å²) in [7, 11) is 0. The lowest BCUT2D eigenvalue weighted by Gasteiger charge is -2.16. The average molecular weight is 195 g/mol. The highest BCUT2D eigenvalue weighted by atomic mass is 19.1. The SMILES string of the molecule is CCCNC(CC)c1ccc(F)cc1. The van der Waals surface area contributed by atoms with Gasteiger partial charge in [0.1, 0.15) is 5.82 Å². The Morgan fingerprint density at radius 2 is 1.86 bits per heavy atom. The van der Waals surface area contributed by atoms with Crippen molar-refractivity contribution in [3.8, 4) is 0 Å². The van der Waals surface area contributed by atoms with Crippen LogP contribution in [-0.2, 0) is 0 Å². The first-order chi connectivity index (χ1) is 6.77. The van der Waals surface area contributed by atoms with E-state index in [0.29, 0.717) is 6.04 Å². The summed E-state index contributed by atoms with van der Waals surface area (Å²) in [5.41, 5.74) is 1.17. The summed E-state index contributed by atoms with van der Waals surface area (Å²) in [6.45, 7) is 5.29. The molecule has 0 saturated carbocycles. The Balaban J connectivity index is 2.64. The number of benzene rings is 1. The topological polar surface area (TPSA) is 12.0 Å². The van der Waals surface area contributed by atoms with Crippen LogP contribution < -0.4 is 5.32 Å². The maximum absolute atomic E-state index is 12.7. The highest BCUT2D eigenvalue weighted by Gasteiger charge is 2.07. The predicted molar refractivity (Wildman–Crippen MR) is 57.7 cm³/mol. The number of hydrogen-bond acceptors (Lipinski definition) is 1.